The summed E-state index contributed by atoms with van der Waals surface area (Å²) in [6.45, 7) is 7.93. The van der Waals surface area contributed by atoms with Gasteiger partial charge in [-0.3, -0.25) is 4.79 Å². The Morgan fingerprint density at radius 3 is 2.64 bits per heavy atom. The van der Waals surface area contributed by atoms with Crippen LogP contribution in [0.5, 0.6) is 17.5 Å². The molecule has 0 bridgehead atoms. The van der Waals surface area contributed by atoms with E-state index in [0.717, 1.165) is 10.6 Å². The van der Waals surface area contributed by atoms with E-state index in [0.29, 0.717) is 40.4 Å². The topological polar surface area (TPSA) is 85.4 Å². The number of anilines is 1. The number of ether oxygens (including phenoxy) is 2. The molecule has 1 aliphatic rings. The first-order valence-electron chi connectivity index (χ1n) is 8.99. The highest BCUT2D eigenvalue weighted by Gasteiger charge is 2.27. The summed E-state index contributed by atoms with van der Waals surface area (Å²) in [6, 6.07) is 3.70. The second-order valence-corrected chi connectivity index (χ2v) is 8.45. The molecule has 1 aliphatic heterocycles. The van der Waals surface area contributed by atoms with Crippen LogP contribution in [0.3, 0.4) is 0 Å². The molecule has 2 atom stereocenters. The van der Waals surface area contributed by atoms with E-state index in [2.05, 4.69) is 34.4 Å². The van der Waals surface area contributed by atoms with E-state index in [9.17, 15) is 4.79 Å². The molecule has 1 aromatic carbocycles. The van der Waals surface area contributed by atoms with Gasteiger partial charge in [0.05, 0.1) is 29.5 Å². The zero-order valence-electron chi connectivity index (χ0n) is 16.2. The minimum absolute atomic E-state index is 0.107. The van der Waals surface area contributed by atoms with Crippen molar-refractivity contribution in [1.82, 2.24) is 15.3 Å². The predicted molar refractivity (Wildman–Crippen MR) is 110 cm³/mol. The van der Waals surface area contributed by atoms with Crippen LogP contribution >= 0.6 is 23.4 Å². The van der Waals surface area contributed by atoms with Gasteiger partial charge in [0.15, 0.2) is 0 Å². The zero-order chi connectivity index (χ0) is 20.3. The Hall–Kier alpha value is -2.19. The van der Waals surface area contributed by atoms with Gasteiger partial charge >= 0.3 is 0 Å². The van der Waals surface area contributed by atoms with Crippen molar-refractivity contribution in [2.24, 2.45) is 5.92 Å². The van der Waals surface area contributed by atoms with E-state index in [-0.39, 0.29) is 11.9 Å². The number of halogens is 1. The maximum atomic E-state index is 11.0. The monoisotopic (exact) mass is 422 g/mol. The average molecular weight is 423 g/mol. The van der Waals surface area contributed by atoms with Gasteiger partial charge in [-0.05, 0) is 25.0 Å². The molecule has 1 amide bonds. The first-order chi connectivity index (χ1) is 13.3. The third-order valence-corrected chi connectivity index (χ3v) is 5.85. The van der Waals surface area contributed by atoms with Crippen molar-refractivity contribution in [3.8, 4) is 17.5 Å². The second-order valence-electron chi connectivity index (χ2n) is 6.89. The van der Waals surface area contributed by atoms with Gasteiger partial charge in [0.2, 0.25) is 17.7 Å². The molecule has 2 aromatic rings. The molecule has 0 saturated carbocycles. The van der Waals surface area contributed by atoms with E-state index in [1.54, 1.807) is 11.8 Å². The van der Waals surface area contributed by atoms with Crippen LogP contribution in [0.2, 0.25) is 5.02 Å². The Kier molecular flexibility index (Phi) is 6.51. The largest absolute Gasteiger partial charge is 0.474 e. The van der Waals surface area contributed by atoms with Gasteiger partial charge in [0.1, 0.15) is 17.4 Å². The molecule has 9 heteroatoms. The Morgan fingerprint density at radius 2 is 2.00 bits per heavy atom. The summed E-state index contributed by atoms with van der Waals surface area (Å²) in [5, 5.41) is 7.00. The van der Waals surface area contributed by atoms with Crippen molar-refractivity contribution < 1.29 is 14.3 Å². The SMILES string of the molecule is CC(=O)NC(C)COc1cnc(Oc2ccc3c(c2Cl)NC(C(C)C)S3)cn1. The highest BCUT2D eigenvalue weighted by molar-refractivity contribution is 8.00. The number of aromatic nitrogens is 2. The van der Waals surface area contributed by atoms with Gasteiger partial charge in [-0.25, -0.2) is 9.97 Å². The van der Waals surface area contributed by atoms with Crippen LogP contribution < -0.4 is 20.1 Å². The molecule has 0 aliphatic carbocycles. The first kappa shape index (κ1) is 20.5. The van der Waals surface area contributed by atoms with Gasteiger partial charge in [-0.15, -0.1) is 0 Å². The normalized spacial score (nSPS) is 16.3. The molecule has 2 unspecified atom stereocenters. The lowest BCUT2D eigenvalue weighted by Gasteiger charge is -2.14. The smallest absolute Gasteiger partial charge is 0.238 e. The van der Waals surface area contributed by atoms with Crippen molar-refractivity contribution in [3.05, 3.63) is 29.5 Å². The van der Waals surface area contributed by atoms with E-state index in [4.69, 9.17) is 21.1 Å². The van der Waals surface area contributed by atoms with E-state index in [1.807, 2.05) is 19.1 Å². The van der Waals surface area contributed by atoms with Crippen molar-refractivity contribution in [1.29, 1.82) is 0 Å². The van der Waals surface area contributed by atoms with Crippen LogP contribution in [0.15, 0.2) is 29.4 Å². The number of hydrogen-bond donors (Lipinski definition) is 2. The minimum atomic E-state index is -0.125. The average Bonchev–Trinajstić information content (AvgIpc) is 3.08. The Balaban J connectivity index is 1.62. The van der Waals surface area contributed by atoms with Gasteiger partial charge in [0, 0.05) is 11.8 Å². The van der Waals surface area contributed by atoms with Crippen molar-refractivity contribution in [2.75, 3.05) is 11.9 Å². The maximum Gasteiger partial charge on any atom is 0.238 e. The summed E-state index contributed by atoms with van der Waals surface area (Å²) in [5.41, 5.74) is 0.891. The zero-order valence-corrected chi connectivity index (χ0v) is 17.7. The number of nitrogens with zero attached hydrogens (tertiary/aromatic N) is 2. The number of benzene rings is 1. The fraction of sp³-hybridized carbons (Fsp3) is 0.421. The molecular formula is C19H23ClN4O3S. The van der Waals surface area contributed by atoms with Gasteiger partial charge in [-0.2, -0.15) is 0 Å². The van der Waals surface area contributed by atoms with E-state index in [1.165, 1.54) is 19.3 Å². The molecule has 150 valence electrons. The number of carbonyl (C=O) groups is 1. The lowest BCUT2D eigenvalue weighted by Crippen LogP contribution is -2.35. The summed E-state index contributed by atoms with van der Waals surface area (Å²) in [7, 11) is 0. The Labute approximate surface area is 173 Å². The standard InChI is InChI=1S/C19H23ClN4O3S/c1-10(2)19-24-18-14(28-19)6-5-13(17(18)20)27-16-8-21-15(7-22-16)26-9-11(3)23-12(4)25/h5-8,10-11,19,24H,9H2,1-4H3,(H,23,25). The Bertz CT molecular complexity index is 848. The molecule has 28 heavy (non-hydrogen) atoms. The van der Waals surface area contributed by atoms with Crippen LogP contribution in [0.4, 0.5) is 5.69 Å². The van der Waals surface area contributed by atoms with Crippen LogP contribution in [0.1, 0.15) is 27.7 Å². The fourth-order valence-corrected chi connectivity index (χ4v) is 4.07. The van der Waals surface area contributed by atoms with Gasteiger partial charge in [-0.1, -0.05) is 37.2 Å². The molecule has 7 nitrogen and oxygen atoms in total. The quantitative estimate of drug-likeness (QED) is 0.686. The highest BCUT2D eigenvalue weighted by Crippen LogP contribution is 2.48. The van der Waals surface area contributed by atoms with E-state index < -0.39 is 0 Å². The number of fused-ring (bicyclic) bond motifs is 1. The summed E-state index contributed by atoms with van der Waals surface area (Å²) < 4.78 is 11.3. The molecule has 3 rings (SSSR count). The molecule has 1 aromatic heterocycles. The van der Waals surface area contributed by atoms with Crippen molar-refractivity contribution in [3.63, 3.8) is 0 Å². The Morgan fingerprint density at radius 1 is 1.29 bits per heavy atom. The van der Waals surface area contributed by atoms with Gasteiger partial charge < -0.3 is 20.1 Å². The summed E-state index contributed by atoms with van der Waals surface area (Å²) in [6.07, 6.45) is 2.95. The van der Waals surface area contributed by atoms with Crippen molar-refractivity contribution in [2.45, 2.75) is 44.0 Å². The molecule has 0 radical (unpaired) electrons. The minimum Gasteiger partial charge on any atom is -0.474 e. The number of hydrogen-bond acceptors (Lipinski definition) is 7. The number of thioether (sulfide) groups is 1. The van der Waals surface area contributed by atoms with Crippen LogP contribution in [0.25, 0.3) is 0 Å². The molecule has 0 spiro atoms. The molecule has 2 heterocycles. The number of carbonyl (C=O) groups excluding carboxylic acids is 1. The molecule has 0 saturated heterocycles. The maximum absolute atomic E-state index is 11.0. The van der Waals surface area contributed by atoms with E-state index >= 15 is 0 Å². The second kappa shape index (κ2) is 8.87. The molecule has 2 N–H and O–H groups in total. The fourth-order valence-electron chi connectivity index (χ4n) is 2.61. The lowest BCUT2D eigenvalue weighted by molar-refractivity contribution is -0.119. The molecule has 0 fully saturated rings. The first-order valence-corrected chi connectivity index (χ1v) is 10.2. The summed E-state index contributed by atoms with van der Waals surface area (Å²) in [4.78, 5) is 20.5. The predicted octanol–water partition coefficient (Wildman–Crippen LogP) is 4.33. The number of amides is 1. The van der Waals surface area contributed by atoms with Gasteiger partial charge in [0.25, 0.3) is 0 Å². The third kappa shape index (κ3) is 4.99. The van der Waals surface area contributed by atoms with Crippen LogP contribution in [-0.4, -0.2) is 33.9 Å². The number of rotatable bonds is 7. The van der Waals surface area contributed by atoms with Crippen LogP contribution in [-0.2, 0) is 4.79 Å². The highest BCUT2D eigenvalue weighted by atomic mass is 35.5. The summed E-state index contributed by atoms with van der Waals surface area (Å²) in [5.74, 6) is 1.55. The molecular weight excluding hydrogens is 400 g/mol. The lowest BCUT2D eigenvalue weighted by atomic mass is 10.2. The third-order valence-electron chi connectivity index (χ3n) is 3.96. The number of nitrogens with one attached hydrogen (secondary N) is 2. The van der Waals surface area contributed by atoms with Crippen LogP contribution in [0, 0.1) is 5.92 Å². The van der Waals surface area contributed by atoms with Crippen molar-refractivity contribution >= 4 is 35.0 Å². The summed E-state index contributed by atoms with van der Waals surface area (Å²) >= 11 is 8.29.